The van der Waals surface area contributed by atoms with E-state index in [9.17, 15) is 4.79 Å². The van der Waals surface area contributed by atoms with Gasteiger partial charge in [0, 0.05) is 23.4 Å². The fourth-order valence-electron chi connectivity index (χ4n) is 3.51. The van der Waals surface area contributed by atoms with Gasteiger partial charge in [0.1, 0.15) is 15.7 Å². The Morgan fingerprint density at radius 1 is 1.21 bits per heavy atom. The van der Waals surface area contributed by atoms with E-state index in [2.05, 4.69) is 37.7 Å². The number of likely N-dealkylation sites (tertiary alicyclic amines) is 1. The van der Waals surface area contributed by atoms with Gasteiger partial charge in [-0.25, -0.2) is 9.97 Å². The fourth-order valence-corrected chi connectivity index (χ4v) is 5.68. The molecule has 0 aromatic carbocycles. The van der Waals surface area contributed by atoms with E-state index in [0.717, 1.165) is 34.2 Å². The molecular formula is C18H25N3OS2. The van der Waals surface area contributed by atoms with Gasteiger partial charge >= 0.3 is 0 Å². The van der Waals surface area contributed by atoms with Crippen molar-refractivity contribution in [2.75, 3.05) is 18.8 Å². The molecule has 0 radical (unpaired) electrons. The third-order valence-corrected chi connectivity index (χ3v) is 6.72. The molecular weight excluding hydrogens is 338 g/mol. The Balaban J connectivity index is 1.77. The summed E-state index contributed by atoms with van der Waals surface area (Å²) in [6, 6.07) is 0. The van der Waals surface area contributed by atoms with Gasteiger partial charge in [-0.1, -0.05) is 25.6 Å². The smallest absolute Gasteiger partial charge is 0.233 e. The van der Waals surface area contributed by atoms with Gasteiger partial charge in [0.15, 0.2) is 0 Å². The lowest BCUT2D eigenvalue weighted by molar-refractivity contribution is -0.130. The summed E-state index contributed by atoms with van der Waals surface area (Å²) in [6.45, 7) is 12.4. The van der Waals surface area contributed by atoms with E-state index in [1.165, 1.54) is 16.9 Å². The van der Waals surface area contributed by atoms with Crippen molar-refractivity contribution in [3.63, 3.8) is 0 Å². The molecule has 24 heavy (non-hydrogen) atoms. The molecule has 1 aliphatic heterocycles. The summed E-state index contributed by atoms with van der Waals surface area (Å²) in [5.74, 6) is 2.65. The molecule has 0 aliphatic carbocycles. The number of aromatic nitrogens is 2. The third-order valence-electron chi connectivity index (χ3n) is 4.66. The quantitative estimate of drug-likeness (QED) is 0.605. The minimum Gasteiger partial charge on any atom is -0.341 e. The fraction of sp³-hybridized carbons (Fsp3) is 0.611. The van der Waals surface area contributed by atoms with Gasteiger partial charge in [0.25, 0.3) is 0 Å². The molecule has 1 amide bonds. The summed E-state index contributed by atoms with van der Waals surface area (Å²) >= 11 is 3.27. The van der Waals surface area contributed by atoms with Gasteiger partial charge in [-0.3, -0.25) is 4.79 Å². The highest BCUT2D eigenvalue weighted by molar-refractivity contribution is 8.00. The highest BCUT2D eigenvalue weighted by Crippen LogP contribution is 2.35. The maximum atomic E-state index is 12.6. The van der Waals surface area contributed by atoms with Crippen LogP contribution >= 0.6 is 23.1 Å². The largest absolute Gasteiger partial charge is 0.341 e. The number of amides is 1. The van der Waals surface area contributed by atoms with E-state index in [4.69, 9.17) is 0 Å². The molecule has 0 N–H and O–H groups in total. The zero-order valence-corrected chi connectivity index (χ0v) is 16.7. The van der Waals surface area contributed by atoms with E-state index >= 15 is 0 Å². The molecule has 0 bridgehead atoms. The second kappa shape index (κ2) is 7.00. The highest BCUT2D eigenvalue weighted by atomic mass is 32.2. The minimum absolute atomic E-state index is 0.229. The predicted octanol–water partition coefficient (Wildman–Crippen LogP) is 4.21. The van der Waals surface area contributed by atoms with Crippen molar-refractivity contribution in [3.05, 3.63) is 16.3 Å². The van der Waals surface area contributed by atoms with Gasteiger partial charge in [-0.2, -0.15) is 0 Å². The van der Waals surface area contributed by atoms with Crippen molar-refractivity contribution in [2.45, 2.75) is 46.1 Å². The Hall–Kier alpha value is -1.14. The first-order chi connectivity index (χ1) is 11.3. The molecule has 2 aromatic heterocycles. The van der Waals surface area contributed by atoms with Crippen LogP contribution in [-0.4, -0.2) is 39.6 Å². The summed E-state index contributed by atoms with van der Waals surface area (Å²) < 4.78 is 0. The van der Waals surface area contributed by atoms with Crippen LogP contribution in [0.5, 0.6) is 0 Å². The molecule has 0 saturated carbocycles. The van der Waals surface area contributed by atoms with Crippen LogP contribution in [0.25, 0.3) is 10.2 Å². The lowest BCUT2D eigenvalue weighted by Crippen LogP contribution is -2.43. The number of hydrogen-bond donors (Lipinski definition) is 0. The lowest BCUT2D eigenvalue weighted by atomic mass is 9.92. The molecule has 2 atom stereocenters. The monoisotopic (exact) mass is 363 g/mol. The van der Waals surface area contributed by atoms with Gasteiger partial charge < -0.3 is 4.90 Å². The van der Waals surface area contributed by atoms with Gasteiger partial charge in [-0.15, -0.1) is 11.3 Å². The average Bonchev–Trinajstić information content (AvgIpc) is 2.78. The molecule has 1 fully saturated rings. The van der Waals surface area contributed by atoms with Crippen LogP contribution in [0.2, 0.25) is 0 Å². The summed E-state index contributed by atoms with van der Waals surface area (Å²) in [7, 11) is 0. The van der Waals surface area contributed by atoms with Crippen LogP contribution in [0.4, 0.5) is 0 Å². The highest BCUT2D eigenvalue weighted by Gasteiger charge is 2.25. The lowest BCUT2D eigenvalue weighted by Gasteiger charge is -2.35. The normalized spacial score (nSPS) is 21.5. The van der Waals surface area contributed by atoms with Gasteiger partial charge in [0.05, 0.1) is 5.75 Å². The van der Waals surface area contributed by atoms with E-state index in [0.29, 0.717) is 17.6 Å². The topological polar surface area (TPSA) is 46.1 Å². The third kappa shape index (κ3) is 3.59. The van der Waals surface area contributed by atoms with E-state index in [1.807, 2.05) is 11.8 Å². The van der Waals surface area contributed by atoms with Crippen LogP contribution < -0.4 is 0 Å². The molecule has 1 aliphatic rings. The molecule has 2 aromatic rings. The number of rotatable bonds is 3. The molecule has 3 heterocycles. The van der Waals surface area contributed by atoms with Gasteiger partial charge in [-0.05, 0) is 44.6 Å². The molecule has 1 saturated heterocycles. The second-order valence-electron chi connectivity index (χ2n) is 7.07. The maximum absolute atomic E-state index is 12.6. The van der Waals surface area contributed by atoms with Crippen LogP contribution in [0.15, 0.2) is 5.03 Å². The first-order valence-corrected chi connectivity index (χ1v) is 10.3. The zero-order valence-electron chi connectivity index (χ0n) is 15.0. The van der Waals surface area contributed by atoms with E-state index < -0.39 is 0 Å². The van der Waals surface area contributed by atoms with Crippen LogP contribution in [0.3, 0.4) is 0 Å². The van der Waals surface area contributed by atoms with Crippen molar-refractivity contribution >= 4 is 39.2 Å². The molecule has 0 spiro atoms. The van der Waals surface area contributed by atoms with Crippen LogP contribution in [0, 0.1) is 32.6 Å². The number of aryl methyl sites for hydroxylation is 3. The molecule has 3 rings (SSSR count). The standard InChI is InChI=1S/C18H25N3OS2/c1-10-6-11(2)8-21(7-10)15(22)9-23-17-16-12(3)13(4)24-18(16)20-14(5)19-17/h10-11H,6-9H2,1-5H3/t10-,11+. The van der Waals surface area contributed by atoms with E-state index in [1.54, 1.807) is 23.1 Å². The summed E-state index contributed by atoms with van der Waals surface area (Å²) in [4.78, 5) is 26.1. The molecule has 6 heteroatoms. The SMILES string of the molecule is Cc1nc(SCC(=O)N2C[C@H](C)C[C@H](C)C2)c2c(C)c(C)sc2n1. The van der Waals surface area contributed by atoms with Crippen molar-refractivity contribution in [1.29, 1.82) is 0 Å². The molecule has 4 nitrogen and oxygen atoms in total. The molecule has 130 valence electrons. The van der Waals surface area contributed by atoms with Crippen LogP contribution in [0.1, 0.15) is 36.5 Å². The maximum Gasteiger partial charge on any atom is 0.233 e. The molecule has 0 unspecified atom stereocenters. The Labute approximate surface area is 152 Å². The van der Waals surface area contributed by atoms with Crippen molar-refractivity contribution < 1.29 is 4.79 Å². The van der Waals surface area contributed by atoms with Crippen molar-refractivity contribution in [2.24, 2.45) is 11.8 Å². The number of thiophene rings is 1. The van der Waals surface area contributed by atoms with Crippen molar-refractivity contribution in [3.8, 4) is 0 Å². The first kappa shape index (κ1) is 17.7. The summed E-state index contributed by atoms with van der Waals surface area (Å²) in [5.41, 5.74) is 1.24. The number of carbonyl (C=O) groups is 1. The summed E-state index contributed by atoms with van der Waals surface area (Å²) in [5, 5.41) is 2.08. The Kier molecular flexibility index (Phi) is 5.16. The minimum atomic E-state index is 0.229. The number of hydrogen-bond acceptors (Lipinski definition) is 5. The van der Waals surface area contributed by atoms with Gasteiger partial charge in [0.2, 0.25) is 5.91 Å². The number of piperidine rings is 1. The number of thioether (sulfide) groups is 1. The Morgan fingerprint density at radius 2 is 1.88 bits per heavy atom. The van der Waals surface area contributed by atoms with E-state index in [-0.39, 0.29) is 5.91 Å². The van der Waals surface area contributed by atoms with Crippen molar-refractivity contribution in [1.82, 2.24) is 14.9 Å². The first-order valence-electron chi connectivity index (χ1n) is 8.50. The number of carbonyl (C=O) groups excluding carboxylic acids is 1. The number of nitrogens with zero attached hydrogens (tertiary/aromatic N) is 3. The van der Waals surface area contributed by atoms with Crippen LogP contribution in [-0.2, 0) is 4.79 Å². The number of fused-ring (bicyclic) bond motifs is 1. The average molecular weight is 364 g/mol. The Bertz CT molecular complexity index is 761. The Morgan fingerprint density at radius 3 is 2.54 bits per heavy atom. The zero-order chi connectivity index (χ0) is 17.4. The second-order valence-corrected chi connectivity index (χ2v) is 9.24. The predicted molar refractivity (Wildman–Crippen MR) is 102 cm³/mol. The summed E-state index contributed by atoms with van der Waals surface area (Å²) in [6.07, 6.45) is 1.22.